The topological polar surface area (TPSA) is 121 Å². The van der Waals surface area contributed by atoms with Gasteiger partial charge in [0, 0.05) is 19.3 Å². The number of carbonyl (C=O) groups excluding carboxylic acids is 2. The molecule has 30 heavy (non-hydrogen) atoms. The summed E-state index contributed by atoms with van der Waals surface area (Å²) in [6, 6.07) is -1.00. The van der Waals surface area contributed by atoms with Gasteiger partial charge in [-0.25, -0.2) is 4.79 Å². The summed E-state index contributed by atoms with van der Waals surface area (Å²) in [5.41, 5.74) is 0. The predicted molar refractivity (Wildman–Crippen MR) is 116 cm³/mol. The molecule has 1 atom stereocenters. The van der Waals surface area contributed by atoms with Gasteiger partial charge >= 0.3 is 11.9 Å². The maximum atomic E-state index is 11.8. The van der Waals surface area contributed by atoms with E-state index in [-0.39, 0.29) is 18.7 Å². The van der Waals surface area contributed by atoms with Crippen LogP contribution in [0.5, 0.6) is 0 Å². The van der Waals surface area contributed by atoms with E-state index in [1.165, 1.54) is 44.9 Å². The minimum atomic E-state index is -1.12. The molecule has 0 aromatic rings. The molecule has 0 aliphatic heterocycles. The second-order valence-electron chi connectivity index (χ2n) is 7.98. The van der Waals surface area contributed by atoms with Crippen LogP contribution in [-0.4, -0.2) is 40.4 Å². The summed E-state index contributed by atoms with van der Waals surface area (Å²) in [6.07, 6.45) is 18.0. The average molecular weight is 427 g/mol. The fourth-order valence-corrected chi connectivity index (χ4v) is 3.41. The molecule has 0 aliphatic rings. The SMILES string of the molecule is O=[C]CC[C@H](NC(=O)CCCCCCCCCCCCCCCCC(=O)O)C(=O)O. The van der Waals surface area contributed by atoms with E-state index < -0.39 is 18.0 Å². The van der Waals surface area contributed by atoms with Crippen molar-refractivity contribution < 1.29 is 29.4 Å². The highest BCUT2D eigenvalue weighted by Crippen LogP contribution is 2.13. The van der Waals surface area contributed by atoms with Crippen molar-refractivity contribution in [2.75, 3.05) is 0 Å². The van der Waals surface area contributed by atoms with Gasteiger partial charge in [-0.15, -0.1) is 0 Å². The molecule has 0 heterocycles. The lowest BCUT2D eigenvalue weighted by Gasteiger charge is -2.12. The molecule has 3 N–H and O–H groups in total. The lowest BCUT2D eigenvalue weighted by molar-refractivity contribution is -0.142. The fourth-order valence-electron chi connectivity index (χ4n) is 3.41. The van der Waals surface area contributed by atoms with Crippen LogP contribution in [0.4, 0.5) is 0 Å². The van der Waals surface area contributed by atoms with Gasteiger partial charge in [-0.05, 0) is 19.3 Å². The number of carboxylic acids is 2. The summed E-state index contributed by atoms with van der Waals surface area (Å²) >= 11 is 0. The van der Waals surface area contributed by atoms with E-state index >= 15 is 0 Å². The van der Waals surface area contributed by atoms with Crippen molar-refractivity contribution in [2.24, 2.45) is 0 Å². The molecular formula is C23H40NO6. The van der Waals surface area contributed by atoms with Gasteiger partial charge in [-0.1, -0.05) is 77.0 Å². The number of amides is 1. The normalized spacial score (nSPS) is 11.7. The molecule has 7 heteroatoms. The second kappa shape index (κ2) is 20.4. The summed E-state index contributed by atoms with van der Waals surface area (Å²) < 4.78 is 0. The molecule has 1 amide bonds. The Morgan fingerprint density at radius 3 is 1.43 bits per heavy atom. The number of hydrogen-bond donors (Lipinski definition) is 3. The number of carbonyl (C=O) groups is 3. The summed E-state index contributed by atoms with van der Waals surface area (Å²) in [4.78, 5) is 43.4. The molecule has 0 fully saturated rings. The number of unbranched alkanes of at least 4 members (excludes halogenated alkanes) is 13. The third-order valence-electron chi connectivity index (χ3n) is 5.21. The van der Waals surface area contributed by atoms with E-state index in [1.54, 1.807) is 6.29 Å². The molecule has 0 aliphatic carbocycles. The molecule has 0 aromatic heterocycles. The highest BCUT2D eigenvalue weighted by Gasteiger charge is 2.18. The van der Waals surface area contributed by atoms with Crippen molar-refractivity contribution in [2.45, 2.75) is 122 Å². The number of aliphatic carboxylic acids is 2. The molecule has 173 valence electrons. The third-order valence-corrected chi connectivity index (χ3v) is 5.21. The molecule has 7 nitrogen and oxygen atoms in total. The molecule has 0 unspecified atom stereocenters. The Morgan fingerprint density at radius 1 is 0.667 bits per heavy atom. The second-order valence-corrected chi connectivity index (χ2v) is 7.98. The van der Waals surface area contributed by atoms with E-state index in [9.17, 15) is 19.2 Å². The molecular weight excluding hydrogens is 386 g/mol. The summed E-state index contributed by atoms with van der Waals surface area (Å²) in [5, 5.41) is 20.0. The van der Waals surface area contributed by atoms with Crippen LogP contribution in [0.15, 0.2) is 0 Å². The van der Waals surface area contributed by atoms with E-state index in [0.717, 1.165) is 44.9 Å². The monoisotopic (exact) mass is 426 g/mol. The fraction of sp³-hybridized carbons (Fsp3) is 0.826. The zero-order valence-electron chi connectivity index (χ0n) is 18.3. The molecule has 0 bridgehead atoms. The van der Waals surface area contributed by atoms with E-state index in [1.807, 2.05) is 0 Å². The van der Waals surface area contributed by atoms with Crippen LogP contribution >= 0.6 is 0 Å². The van der Waals surface area contributed by atoms with Crippen molar-refractivity contribution in [1.29, 1.82) is 0 Å². The third kappa shape index (κ3) is 19.4. The van der Waals surface area contributed by atoms with Gasteiger partial charge in [-0.2, -0.15) is 0 Å². The van der Waals surface area contributed by atoms with Crippen molar-refractivity contribution in [3.8, 4) is 0 Å². The van der Waals surface area contributed by atoms with Crippen molar-refractivity contribution in [1.82, 2.24) is 5.32 Å². The van der Waals surface area contributed by atoms with Crippen LogP contribution in [0.2, 0.25) is 0 Å². The van der Waals surface area contributed by atoms with Crippen LogP contribution in [0.3, 0.4) is 0 Å². The standard InChI is InChI=1S/C23H40NO6/c25-19-15-16-20(23(29)30)24-21(26)17-13-11-9-7-5-3-1-2-4-6-8-10-12-14-18-22(27)28/h20H,1-18H2,(H,24,26)(H,27,28)(H,29,30)/t20-/m0/s1. The lowest BCUT2D eigenvalue weighted by atomic mass is 10.0. The zero-order valence-corrected chi connectivity index (χ0v) is 18.3. The van der Waals surface area contributed by atoms with Gasteiger partial charge in [0.15, 0.2) is 6.29 Å². The van der Waals surface area contributed by atoms with Crippen LogP contribution in [-0.2, 0) is 19.2 Å². The number of hydrogen-bond acceptors (Lipinski definition) is 4. The van der Waals surface area contributed by atoms with Crippen molar-refractivity contribution >= 4 is 24.1 Å². The van der Waals surface area contributed by atoms with Crippen LogP contribution in [0.1, 0.15) is 116 Å². The van der Waals surface area contributed by atoms with Crippen molar-refractivity contribution in [3.05, 3.63) is 0 Å². The average Bonchev–Trinajstić information content (AvgIpc) is 2.70. The highest BCUT2D eigenvalue weighted by molar-refractivity contribution is 5.83. The minimum Gasteiger partial charge on any atom is -0.481 e. The molecule has 0 spiro atoms. The Labute approximate surface area is 181 Å². The van der Waals surface area contributed by atoms with Gasteiger partial charge in [0.25, 0.3) is 0 Å². The zero-order chi connectivity index (χ0) is 22.5. The largest absolute Gasteiger partial charge is 0.481 e. The van der Waals surface area contributed by atoms with E-state index in [4.69, 9.17) is 10.2 Å². The number of nitrogens with one attached hydrogen (secondary N) is 1. The van der Waals surface area contributed by atoms with Crippen LogP contribution in [0.25, 0.3) is 0 Å². The number of rotatable bonds is 22. The lowest BCUT2D eigenvalue weighted by Crippen LogP contribution is -2.40. The molecule has 0 saturated carbocycles. The Balaban J connectivity index is 3.37. The van der Waals surface area contributed by atoms with Crippen LogP contribution in [0, 0.1) is 0 Å². The summed E-state index contributed by atoms with van der Waals surface area (Å²) in [7, 11) is 0. The minimum absolute atomic E-state index is 0.00580. The van der Waals surface area contributed by atoms with Crippen molar-refractivity contribution in [3.63, 3.8) is 0 Å². The Morgan fingerprint density at radius 2 is 1.07 bits per heavy atom. The van der Waals surface area contributed by atoms with E-state index in [2.05, 4.69) is 5.32 Å². The summed E-state index contributed by atoms with van der Waals surface area (Å²) in [6.45, 7) is 0. The molecule has 1 radical (unpaired) electrons. The number of carboxylic acid groups (broad SMARTS) is 2. The van der Waals surface area contributed by atoms with Gasteiger partial charge in [0.05, 0.1) is 0 Å². The first kappa shape index (κ1) is 28.1. The maximum Gasteiger partial charge on any atom is 0.326 e. The first-order valence-electron chi connectivity index (χ1n) is 11.6. The Bertz CT molecular complexity index is 480. The van der Waals surface area contributed by atoms with Gasteiger partial charge in [-0.3, -0.25) is 14.4 Å². The van der Waals surface area contributed by atoms with E-state index in [0.29, 0.717) is 12.8 Å². The van der Waals surface area contributed by atoms with Gasteiger partial charge < -0.3 is 15.5 Å². The highest BCUT2D eigenvalue weighted by atomic mass is 16.4. The molecule has 0 rings (SSSR count). The molecule has 0 aromatic carbocycles. The first-order chi connectivity index (χ1) is 14.5. The Kier molecular flexibility index (Phi) is 19.1. The Hall–Kier alpha value is -1.92. The summed E-state index contributed by atoms with van der Waals surface area (Å²) in [5.74, 6) is -2.08. The maximum absolute atomic E-state index is 11.8. The predicted octanol–water partition coefficient (Wildman–Crippen LogP) is 4.77. The first-order valence-corrected chi connectivity index (χ1v) is 11.6. The van der Waals surface area contributed by atoms with Gasteiger partial charge in [0.2, 0.25) is 5.91 Å². The van der Waals surface area contributed by atoms with Crippen LogP contribution < -0.4 is 5.32 Å². The van der Waals surface area contributed by atoms with Gasteiger partial charge in [0.1, 0.15) is 6.04 Å². The quantitative estimate of drug-likeness (QED) is 0.214. The smallest absolute Gasteiger partial charge is 0.326 e. The molecule has 0 saturated heterocycles.